The van der Waals surface area contributed by atoms with E-state index >= 15 is 0 Å². The lowest BCUT2D eigenvalue weighted by atomic mass is 10.0. The molecule has 1 aromatic heterocycles. The highest BCUT2D eigenvalue weighted by atomic mass is 16.5. The summed E-state index contributed by atoms with van der Waals surface area (Å²) in [5.41, 5.74) is 19.4. The number of nitrogens with zero attached hydrogens (tertiary/aromatic N) is 2. The lowest BCUT2D eigenvalue weighted by Gasteiger charge is -2.14. The first-order valence-electron chi connectivity index (χ1n) is 10.7. The minimum absolute atomic E-state index is 0.412. The molecule has 0 spiro atoms. The number of methoxy groups -OCH3 is 4. The summed E-state index contributed by atoms with van der Waals surface area (Å²) in [5, 5.41) is 9.58. The largest absolute Gasteiger partial charge is 0.495 e. The maximum absolute atomic E-state index is 10.5. The SMILES string of the molecule is COc1ccc(/C=C(/C#N)c2cc(OC)c(OC)c(OC)c2)cc1N.NC(=O)[C@H](N)Cc1cnc[nH]1. The number of nitrogen functional groups attached to an aromatic ring is 1. The van der Waals surface area contributed by atoms with E-state index in [1.165, 1.54) is 27.7 Å². The average Bonchev–Trinajstić information content (AvgIpc) is 3.39. The van der Waals surface area contributed by atoms with Crippen molar-refractivity contribution in [1.29, 1.82) is 5.26 Å². The van der Waals surface area contributed by atoms with Crippen molar-refractivity contribution < 1.29 is 23.7 Å². The van der Waals surface area contributed by atoms with Crippen LogP contribution in [0.5, 0.6) is 23.0 Å². The third-order valence-corrected chi connectivity index (χ3v) is 5.02. The van der Waals surface area contributed by atoms with Gasteiger partial charge in [-0.05, 0) is 41.5 Å². The highest BCUT2D eigenvalue weighted by Gasteiger charge is 2.15. The number of aromatic nitrogens is 2. The first-order chi connectivity index (χ1) is 17.3. The number of anilines is 1. The molecule has 3 aromatic rings. The fourth-order valence-corrected chi connectivity index (χ4v) is 3.16. The maximum Gasteiger partial charge on any atom is 0.234 e. The van der Waals surface area contributed by atoms with E-state index in [1.807, 2.05) is 6.07 Å². The summed E-state index contributed by atoms with van der Waals surface area (Å²) in [4.78, 5) is 17.1. The quantitative estimate of drug-likeness (QED) is 0.196. The molecule has 0 fully saturated rings. The third-order valence-electron chi connectivity index (χ3n) is 5.02. The number of hydrogen-bond donors (Lipinski definition) is 4. The molecule has 2 aromatic carbocycles. The number of hydrogen-bond acceptors (Lipinski definition) is 9. The number of aromatic amines is 1. The van der Waals surface area contributed by atoms with Crippen molar-refractivity contribution in [3.63, 3.8) is 0 Å². The Morgan fingerprint density at radius 3 is 2.17 bits per heavy atom. The van der Waals surface area contributed by atoms with Gasteiger partial charge in [0.05, 0.1) is 58.1 Å². The molecule has 1 amide bonds. The van der Waals surface area contributed by atoms with E-state index in [0.717, 1.165) is 11.3 Å². The summed E-state index contributed by atoms with van der Waals surface area (Å²) in [7, 11) is 6.14. The van der Waals surface area contributed by atoms with Crippen molar-refractivity contribution in [1.82, 2.24) is 9.97 Å². The minimum atomic E-state index is -0.629. The Hall–Kier alpha value is -4.69. The second-order valence-electron chi connectivity index (χ2n) is 7.38. The van der Waals surface area contributed by atoms with E-state index in [2.05, 4.69) is 16.0 Å². The number of nitrogens with one attached hydrogen (secondary N) is 1. The molecule has 0 aliphatic heterocycles. The van der Waals surface area contributed by atoms with E-state index in [1.54, 1.807) is 43.6 Å². The molecule has 0 bridgehead atoms. The van der Waals surface area contributed by atoms with Gasteiger partial charge in [0.2, 0.25) is 11.7 Å². The Morgan fingerprint density at radius 2 is 1.72 bits per heavy atom. The molecule has 0 unspecified atom stereocenters. The number of carbonyl (C=O) groups is 1. The minimum Gasteiger partial charge on any atom is -0.495 e. The number of rotatable bonds is 9. The van der Waals surface area contributed by atoms with Gasteiger partial charge in [-0.3, -0.25) is 4.79 Å². The van der Waals surface area contributed by atoms with Gasteiger partial charge in [-0.15, -0.1) is 0 Å². The number of nitrogens with two attached hydrogens (primary N) is 3. The number of amides is 1. The van der Waals surface area contributed by atoms with E-state index in [4.69, 9.17) is 36.1 Å². The van der Waals surface area contributed by atoms with Crippen molar-refractivity contribution in [2.45, 2.75) is 12.5 Å². The number of allylic oxidation sites excluding steroid dienone is 1. The van der Waals surface area contributed by atoms with E-state index in [0.29, 0.717) is 46.2 Å². The fraction of sp³-hybridized carbons (Fsp3) is 0.240. The molecule has 0 saturated heterocycles. The fourth-order valence-electron chi connectivity index (χ4n) is 3.16. The highest BCUT2D eigenvalue weighted by molar-refractivity contribution is 5.91. The van der Waals surface area contributed by atoms with Gasteiger partial charge in [0, 0.05) is 18.3 Å². The molecule has 0 aliphatic rings. The van der Waals surface area contributed by atoms with Crippen LogP contribution in [-0.2, 0) is 11.2 Å². The zero-order chi connectivity index (χ0) is 26.7. The number of nitriles is 1. The van der Waals surface area contributed by atoms with Gasteiger partial charge in [-0.1, -0.05) is 6.07 Å². The maximum atomic E-state index is 10.5. The van der Waals surface area contributed by atoms with Crippen molar-refractivity contribution in [2.75, 3.05) is 34.2 Å². The van der Waals surface area contributed by atoms with Crippen LogP contribution in [0, 0.1) is 11.3 Å². The number of imidazole rings is 1. The molecule has 1 atom stereocenters. The normalized spacial score (nSPS) is 11.4. The summed E-state index contributed by atoms with van der Waals surface area (Å²) in [6.07, 6.45) is 5.29. The van der Waals surface area contributed by atoms with Gasteiger partial charge < -0.3 is 41.1 Å². The molecule has 11 heteroatoms. The van der Waals surface area contributed by atoms with Crippen molar-refractivity contribution in [3.05, 3.63) is 59.7 Å². The van der Waals surface area contributed by atoms with Crippen LogP contribution >= 0.6 is 0 Å². The number of primary amides is 1. The topological polar surface area (TPSA) is 185 Å². The smallest absolute Gasteiger partial charge is 0.234 e. The number of ether oxygens (including phenoxy) is 4. The van der Waals surface area contributed by atoms with E-state index in [-0.39, 0.29) is 0 Å². The van der Waals surface area contributed by atoms with Crippen LogP contribution in [0.2, 0.25) is 0 Å². The molecule has 7 N–H and O–H groups in total. The zero-order valence-corrected chi connectivity index (χ0v) is 20.6. The number of H-pyrrole nitrogens is 1. The molecule has 0 aliphatic carbocycles. The first kappa shape index (κ1) is 27.6. The highest BCUT2D eigenvalue weighted by Crippen LogP contribution is 2.40. The molecule has 0 radical (unpaired) electrons. The number of carbonyl (C=O) groups excluding carboxylic acids is 1. The first-order valence-corrected chi connectivity index (χ1v) is 10.7. The van der Waals surface area contributed by atoms with E-state index in [9.17, 15) is 10.1 Å². The summed E-state index contributed by atoms with van der Waals surface area (Å²) in [6, 6.07) is 10.3. The molecule has 0 saturated carbocycles. The molecule has 3 rings (SSSR count). The van der Waals surface area contributed by atoms with Crippen LogP contribution in [0.15, 0.2) is 42.9 Å². The van der Waals surface area contributed by atoms with Crippen LogP contribution in [0.4, 0.5) is 5.69 Å². The van der Waals surface area contributed by atoms with Crippen LogP contribution in [0.3, 0.4) is 0 Å². The summed E-state index contributed by atoms with van der Waals surface area (Å²) < 4.78 is 21.1. The monoisotopic (exact) mass is 494 g/mol. The van der Waals surface area contributed by atoms with Gasteiger partial charge in [0.15, 0.2) is 11.5 Å². The lowest BCUT2D eigenvalue weighted by Crippen LogP contribution is -2.38. The summed E-state index contributed by atoms with van der Waals surface area (Å²) in [5.74, 6) is 1.52. The van der Waals surface area contributed by atoms with Crippen molar-refractivity contribution in [3.8, 4) is 29.1 Å². The average molecular weight is 495 g/mol. The molecule has 1 heterocycles. The Balaban J connectivity index is 0.000000346. The Kier molecular flexibility index (Phi) is 10.2. The molecule has 190 valence electrons. The molecular weight excluding hydrogens is 464 g/mol. The van der Waals surface area contributed by atoms with Crippen LogP contribution in [0.25, 0.3) is 11.6 Å². The van der Waals surface area contributed by atoms with Crippen molar-refractivity contribution in [2.24, 2.45) is 11.5 Å². The van der Waals surface area contributed by atoms with Crippen molar-refractivity contribution >= 4 is 23.2 Å². The van der Waals surface area contributed by atoms with Crippen LogP contribution in [-0.4, -0.2) is 50.4 Å². The molecule has 11 nitrogen and oxygen atoms in total. The van der Waals surface area contributed by atoms with Crippen LogP contribution < -0.4 is 36.1 Å². The van der Waals surface area contributed by atoms with Gasteiger partial charge in [-0.2, -0.15) is 5.26 Å². The van der Waals surface area contributed by atoms with Gasteiger partial charge in [0.1, 0.15) is 5.75 Å². The standard InChI is InChI=1S/C19H20N2O4.C6H10N4O/c1-22-16-6-5-12(8-15(16)21)7-14(11-20)13-9-17(23-2)19(25-4)18(10-13)24-3;7-5(6(8)11)1-4-2-9-3-10-4/h5-10H,21H2,1-4H3;2-3,5H,1,7H2,(H2,8,11)(H,9,10)/b14-7-;/t;5-/m.1/s1. The summed E-state index contributed by atoms with van der Waals surface area (Å²) >= 11 is 0. The van der Waals surface area contributed by atoms with Gasteiger partial charge in [-0.25, -0.2) is 4.98 Å². The predicted octanol–water partition coefficient (Wildman–Crippen LogP) is 2.13. The third kappa shape index (κ3) is 7.15. The molecule has 36 heavy (non-hydrogen) atoms. The predicted molar refractivity (Wildman–Crippen MR) is 136 cm³/mol. The lowest BCUT2D eigenvalue weighted by molar-refractivity contribution is -0.119. The van der Waals surface area contributed by atoms with Gasteiger partial charge in [0.25, 0.3) is 0 Å². The Bertz CT molecular complexity index is 1210. The second-order valence-corrected chi connectivity index (χ2v) is 7.38. The van der Waals surface area contributed by atoms with E-state index < -0.39 is 11.9 Å². The summed E-state index contributed by atoms with van der Waals surface area (Å²) in [6.45, 7) is 0. The Labute approximate surface area is 209 Å². The van der Waals surface area contributed by atoms with Gasteiger partial charge >= 0.3 is 0 Å². The number of benzene rings is 2. The van der Waals surface area contributed by atoms with Crippen LogP contribution in [0.1, 0.15) is 16.8 Å². The second kappa shape index (κ2) is 13.3. The zero-order valence-electron chi connectivity index (χ0n) is 20.6. The molecular formula is C25H30N6O5. The Morgan fingerprint density at radius 1 is 1.08 bits per heavy atom.